The molecule has 0 spiro atoms. The normalized spacial score (nSPS) is 12.8. The highest BCUT2D eigenvalue weighted by Crippen LogP contribution is 2.43. The van der Waals surface area contributed by atoms with Crippen molar-refractivity contribution in [1.82, 2.24) is 5.32 Å². The molecular formula is C42H81N4O10P. The van der Waals surface area contributed by atoms with Crippen LogP contribution in [-0.2, 0) is 42.2 Å². The third-order valence-corrected chi connectivity index (χ3v) is 10.7. The molecule has 0 aromatic rings. The molecule has 57 heavy (non-hydrogen) atoms. The van der Waals surface area contributed by atoms with E-state index in [-0.39, 0.29) is 64.7 Å². The van der Waals surface area contributed by atoms with Gasteiger partial charge in [0.1, 0.15) is 6.61 Å². The smallest absolute Gasteiger partial charge is 0.462 e. The maximum Gasteiger partial charge on any atom is 0.472 e. The van der Waals surface area contributed by atoms with Crippen LogP contribution >= 0.6 is 7.82 Å². The highest BCUT2D eigenvalue weighted by atomic mass is 31.2. The number of esters is 2. The quantitative estimate of drug-likeness (QED) is 0.0149. The summed E-state index contributed by atoms with van der Waals surface area (Å²) in [4.78, 5) is 49.9. The van der Waals surface area contributed by atoms with Gasteiger partial charge in [0.15, 0.2) is 6.10 Å². The summed E-state index contributed by atoms with van der Waals surface area (Å²) in [5, 5.41) is 5.87. The van der Waals surface area contributed by atoms with E-state index in [9.17, 15) is 23.8 Å². The molecule has 0 radical (unpaired) electrons. The summed E-state index contributed by atoms with van der Waals surface area (Å²) in [6, 6.07) is 0. The summed E-state index contributed by atoms with van der Waals surface area (Å²) >= 11 is 0. The van der Waals surface area contributed by atoms with E-state index in [2.05, 4.69) is 29.2 Å². The van der Waals surface area contributed by atoms with Crippen molar-refractivity contribution in [2.45, 2.75) is 206 Å². The first-order valence-corrected chi connectivity index (χ1v) is 24.1. The summed E-state index contributed by atoms with van der Waals surface area (Å²) in [7, 11) is -4.58. The van der Waals surface area contributed by atoms with E-state index in [0.717, 1.165) is 38.5 Å². The zero-order valence-electron chi connectivity index (χ0n) is 35.9. The van der Waals surface area contributed by atoms with E-state index >= 15 is 0 Å². The van der Waals surface area contributed by atoms with Gasteiger partial charge in [-0.25, -0.2) is 4.57 Å². The van der Waals surface area contributed by atoms with Crippen LogP contribution in [-0.4, -0.2) is 75.0 Å². The number of phosphoric ester groups is 1. The summed E-state index contributed by atoms with van der Waals surface area (Å²) in [5.74, 6) is -1.26. The van der Waals surface area contributed by atoms with Gasteiger partial charge in [0.05, 0.1) is 26.4 Å². The van der Waals surface area contributed by atoms with Crippen LogP contribution in [0, 0.1) is 0 Å². The highest BCUT2D eigenvalue weighted by molar-refractivity contribution is 7.47. The van der Waals surface area contributed by atoms with Gasteiger partial charge < -0.3 is 24.4 Å². The third kappa shape index (κ3) is 41.7. The molecule has 1 unspecified atom stereocenters. The molecule has 0 aromatic carbocycles. The number of hydrogen-bond donors (Lipinski definition) is 2. The minimum atomic E-state index is -4.58. The van der Waals surface area contributed by atoms with Gasteiger partial charge in [-0.05, 0) is 18.4 Å². The Labute approximate surface area is 345 Å². The van der Waals surface area contributed by atoms with Crippen LogP contribution in [0.2, 0.25) is 0 Å². The van der Waals surface area contributed by atoms with Crippen molar-refractivity contribution in [3.63, 3.8) is 0 Å². The van der Waals surface area contributed by atoms with Crippen LogP contribution in [0.15, 0.2) is 5.11 Å². The molecule has 0 aromatic heterocycles. The standard InChI is InChI=1S/C42H81N4O10P/c1-3-5-7-9-11-13-15-17-19-21-23-25-27-29-41(48)53-37-39(56-42(49)30-28-26-24-22-20-18-16-14-12-10-8-6-4-2)38-55-57(50,51)54-36-32-44-40(47)31-34-52-35-33-45-46-43/h39H,3-38H2,1-2H3,(H,44,47)(H,50,51)/t39-/m1/s1. The Morgan fingerprint density at radius 2 is 1.07 bits per heavy atom. The molecule has 0 saturated carbocycles. The number of hydrogen-bond acceptors (Lipinski definition) is 10. The predicted molar refractivity (Wildman–Crippen MR) is 226 cm³/mol. The third-order valence-electron chi connectivity index (χ3n) is 9.67. The Morgan fingerprint density at radius 1 is 0.614 bits per heavy atom. The molecule has 0 heterocycles. The number of ether oxygens (including phenoxy) is 3. The first kappa shape index (κ1) is 54.8. The van der Waals surface area contributed by atoms with Crippen LogP contribution in [0.3, 0.4) is 0 Å². The van der Waals surface area contributed by atoms with Gasteiger partial charge in [0.2, 0.25) is 5.91 Å². The Balaban J connectivity index is 4.53. The van der Waals surface area contributed by atoms with Gasteiger partial charge in [-0.15, -0.1) is 0 Å². The van der Waals surface area contributed by atoms with Crippen molar-refractivity contribution in [2.24, 2.45) is 5.11 Å². The predicted octanol–water partition coefficient (Wildman–Crippen LogP) is 11.4. The van der Waals surface area contributed by atoms with Crippen LogP contribution < -0.4 is 5.32 Å². The van der Waals surface area contributed by atoms with Crippen molar-refractivity contribution < 1.29 is 47.1 Å². The number of nitrogens with one attached hydrogen (secondary N) is 1. The van der Waals surface area contributed by atoms with Crippen LogP contribution in [0.5, 0.6) is 0 Å². The summed E-state index contributed by atoms with van der Waals surface area (Å²) < 4.78 is 38.7. The maximum absolute atomic E-state index is 12.7. The van der Waals surface area contributed by atoms with E-state index < -0.39 is 32.5 Å². The number of azide groups is 1. The van der Waals surface area contributed by atoms with Gasteiger partial charge >= 0.3 is 19.8 Å². The van der Waals surface area contributed by atoms with Crippen molar-refractivity contribution in [3.8, 4) is 0 Å². The lowest BCUT2D eigenvalue weighted by Gasteiger charge is -2.20. The van der Waals surface area contributed by atoms with Gasteiger partial charge in [-0.1, -0.05) is 173 Å². The zero-order chi connectivity index (χ0) is 41.9. The number of unbranched alkanes of at least 4 members (excludes halogenated alkanes) is 24. The number of amides is 1. The fourth-order valence-corrected chi connectivity index (χ4v) is 7.02. The lowest BCUT2D eigenvalue weighted by atomic mass is 10.0. The molecule has 0 aliphatic heterocycles. The Bertz CT molecular complexity index is 1060. The van der Waals surface area contributed by atoms with Crippen LogP contribution in [0.1, 0.15) is 200 Å². The average Bonchev–Trinajstić information content (AvgIpc) is 3.19. The molecule has 0 aliphatic carbocycles. The fourth-order valence-electron chi connectivity index (χ4n) is 6.26. The Hall–Kier alpha value is -2.21. The van der Waals surface area contributed by atoms with E-state index in [4.69, 9.17) is 28.8 Å². The van der Waals surface area contributed by atoms with E-state index in [0.29, 0.717) is 12.8 Å². The van der Waals surface area contributed by atoms with Crippen molar-refractivity contribution in [3.05, 3.63) is 10.4 Å². The Kier molecular flexibility index (Phi) is 40.3. The van der Waals surface area contributed by atoms with Crippen LogP contribution in [0.4, 0.5) is 0 Å². The van der Waals surface area contributed by atoms with E-state index in [1.54, 1.807) is 0 Å². The van der Waals surface area contributed by atoms with Gasteiger partial charge in [-0.2, -0.15) is 0 Å². The molecule has 0 rings (SSSR count). The van der Waals surface area contributed by atoms with Gasteiger partial charge in [-0.3, -0.25) is 23.4 Å². The minimum absolute atomic E-state index is 0.0496. The maximum atomic E-state index is 12.7. The SMILES string of the molecule is CCCCCCCCCCCCCCCC(=O)OC[C@H](COP(=O)(O)OCCNC(=O)CCOCCN=[N+]=[N-])OC(=O)CCCCCCCCCCCCCCC. The molecule has 14 nitrogen and oxygen atoms in total. The number of rotatable bonds is 44. The topological polar surface area (TPSA) is 195 Å². The monoisotopic (exact) mass is 833 g/mol. The molecule has 2 atom stereocenters. The number of carbonyl (C=O) groups is 3. The first-order chi connectivity index (χ1) is 27.7. The van der Waals surface area contributed by atoms with E-state index in [1.807, 2.05) is 0 Å². The molecule has 15 heteroatoms. The van der Waals surface area contributed by atoms with Crippen molar-refractivity contribution >= 4 is 25.7 Å². The minimum Gasteiger partial charge on any atom is -0.462 e. The molecular weight excluding hydrogens is 751 g/mol. The highest BCUT2D eigenvalue weighted by Gasteiger charge is 2.26. The van der Waals surface area contributed by atoms with Gasteiger partial charge in [0.25, 0.3) is 0 Å². The molecule has 0 saturated heterocycles. The largest absolute Gasteiger partial charge is 0.472 e. The fraction of sp³-hybridized carbons (Fsp3) is 0.929. The second-order valence-electron chi connectivity index (χ2n) is 15.0. The summed E-state index contributed by atoms with van der Waals surface area (Å²) in [6.45, 7) is 3.78. The zero-order valence-corrected chi connectivity index (χ0v) is 36.8. The molecule has 1 amide bonds. The lowest BCUT2D eigenvalue weighted by molar-refractivity contribution is -0.161. The van der Waals surface area contributed by atoms with Crippen LogP contribution in [0.25, 0.3) is 10.4 Å². The second kappa shape index (κ2) is 41.9. The number of nitrogens with zero attached hydrogens (tertiary/aromatic N) is 3. The summed E-state index contributed by atoms with van der Waals surface area (Å²) in [6.07, 6.45) is 30.5. The molecule has 334 valence electrons. The number of carbonyl (C=O) groups excluding carboxylic acids is 3. The second-order valence-corrected chi connectivity index (χ2v) is 16.5. The molecule has 0 fully saturated rings. The first-order valence-electron chi connectivity index (χ1n) is 22.6. The Morgan fingerprint density at radius 3 is 1.54 bits per heavy atom. The molecule has 0 bridgehead atoms. The summed E-state index contributed by atoms with van der Waals surface area (Å²) in [5.41, 5.74) is 8.24. The lowest BCUT2D eigenvalue weighted by Crippen LogP contribution is -2.30. The molecule has 0 aliphatic rings. The average molecular weight is 833 g/mol. The van der Waals surface area contributed by atoms with Crippen molar-refractivity contribution in [1.29, 1.82) is 0 Å². The number of phosphoric acid groups is 1. The molecule has 2 N–H and O–H groups in total. The van der Waals surface area contributed by atoms with Gasteiger partial charge in [0, 0.05) is 37.3 Å². The van der Waals surface area contributed by atoms with E-state index in [1.165, 1.54) is 116 Å². The van der Waals surface area contributed by atoms with Crippen molar-refractivity contribution in [2.75, 3.05) is 46.1 Å².